The lowest BCUT2D eigenvalue weighted by Gasteiger charge is -2.48. The summed E-state index contributed by atoms with van der Waals surface area (Å²) in [6.07, 6.45) is -46.3. The van der Waals surface area contributed by atoms with Crippen molar-refractivity contribution in [2.24, 2.45) is 5.73 Å². The van der Waals surface area contributed by atoms with Crippen LogP contribution in [0.3, 0.4) is 0 Å². The lowest BCUT2D eigenvalue weighted by Crippen LogP contribution is -2.68. The van der Waals surface area contributed by atoms with Gasteiger partial charge in [0, 0.05) is 7.11 Å². The summed E-state index contributed by atoms with van der Waals surface area (Å²) < 4.78 is 60.2. The van der Waals surface area contributed by atoms with Gasteiger partial charge in [0.15, 0.2) is 37.7 Å². The Morgan fingerprint density at radius 2 is 0.800 bits per heavy atom. The Balaban J connectivity index is 0.000000347. The fourth-order valence-corrected chi connectivity index (χ4v) is 10.1. The smallest absolute Gasteiger partial charge is 0.187 e. The van der Waals surface area contributed by atoms with Gasteiger partial charge in [-0.1, -0.05) is 20.9 Å². The topological polar surface area (TPSA) is 564 Å². The van der Waals surface area contributed by atoms with Gasteiger partial charge in [0.1, 0.15) is 140 Å². The van der Waals surface area contributed by atoms with E-state index in [0.29, 0.717) is 0 Å². The maximum absolute atomic E-state index is 10.9. The zero-order valence-corrected chi connectivity index (χ0v) is 42.2. The predicted octanol–water partition coefficient (Wildman–Crippen LogP) is -13.2. The Bertz CT molecular complexity index is 1850. The Kier molecular flexibility index (Phi) is 27.1. The van der Waals surface area contributed by atoms with Crippen LogP contribution in [0.25, 0.3) is 0 Å². The molecule has 472 valence electrons. The molecule has 0 saturated carbocycles. The van der Waals surface area contributed by atoms with Gasteiger partial charge in [-0.3, -0.25) is 0 Å². The number of aliphatic hydroxyl groups is 21. The van der Waals surface area contributed by atoms with E-state index in [1.54, 1.807) is 6.92 Å². The molecule has 34 nitrogen and oxygen atoms in total. The highest BCUT2D eigenvalue weighted by Gasteiger charge is 2.56. The predicted molar refractivity (Wildman–Crippen MR) is 258 cm³/mol. The van der Waals surface area contributed by atoms with Gasteiger partial charge in [-0.2, -0.15) is 0 Å². The van der Waals surface area contributed by atoms with Gasteiger partial charge < -0.3 is 170 Å². The first-order valence-electron chi connectivity index (χ1n) is 25.0. The first-order chi connectivity index (χ1) is 36.8. The van der Waals surface area contributed by atoms with E-state index >= 15 is 0 Å². The van der Waals surface area contributed by atoms with Crippen LogP contribution in [0.2, 0.25) is 0 Å². The summed E-state index contributed by atoms with van der Waals surface area (Å²) in [7, 11) is 1.24. The standard InChI is InChI=1S/C25H43NO18.C19H35NO14.2CH4/c1-6-11(26-8-2-7(3-27)12(30)15(33)13(8)31)14(32)19(37)24(40-6)43-22-10(5-29)42-25(20(38)17(22)35)44-21-9(4-28)41-23(39)18(36)16(21)34;1-5-8(20)9(23)12(26)18(30-5)34-15-7(4-22)32-19(13(27)16(15)29-2)33-14-6(3-21)31-17(28)11(25)10(14)24;;/h2,6,8-39H,3-5H2,1H3;5-19,21-28H,3-4,20H2,1-2H3;2*1H4/t6?,8-,9?,10?,11+,12+,13?,14-,15-,16+,17+,18?,19?,20?,21+,22+,23?,24+,25+;5?,6?,7?,8-,9-,10+,11?,12?,13?,14+,15+,16+,17?,18+,19+;;/m11../s1. The highest BCUT2D eigenvalue weighted by molar-refractivity contribution is 5.22. The van der Waals surface area contributed by atoms with Gasteiger partial charge in [0.05, 0.1) is 63.4 Å². The maximum atomic E-state index is 10.9. The Morgan fingerprint density at radius 3 is 1.25 bits per heavy atom. The van der Waals surface area contributed by atoms with Crippen LogP contribution >= 0.6 is 0 Å². The number of nitrogens with one attached hydrogen (secondary N) is 1. The third-order valence-corrected chi connectivity index (χ3v) is 14.9. The molecule has 0 aromatic heterocycles. The van der Waals surface area contributed by atoms with Crippen molar-refractivity contribution in [1.29, 1.82) is 0 Å². The molecule has 34 atom stereocenters. The number of hydrogen-bond donors (Lipinski definition) is 23. The quantitative estimate of drug-likeness (QED) is 0.0638. The highest BCUT2D eigenvalue weighted by Crippen LogP contribution is 2.35. The van der Waals surface area contributed by atoms with Crippen LogP contribution < -0.4 is 11.1 Å². The summed E-state index contributed by atoms with van der Waals surface area (Å²) >= 11 is 0. The van der Waals surface area contributed by atoms with Crippen molar-refractivity contribution in [2.45, 2.75) is 237 Å². The van der Waals surface area contributed by atoms with Crippen LogP contribution in [0.5, 0.6) is 0 Å². The fourth-order valence-electron chi connectivity index (χ4n) is 10.1. The number of methoxy groups -OCH3 is 1. The molecule has 6 saturated heterocycles. The molecule has 0 spiro atoms. The highest BCUT2D eigenvalue weighted by atomic mass is 16.8. The van der Waals surface area contributed by atoms with Crippen molar-refractivity contribution >= 4 is 0 Å². The first-order valence-corrected chi connectivity index (χ1v) is 25.0. The van der Waals surface area contributed by atoms with Gasteiger partial charge in [-0.25, -0.2) is 0 Å². The van der Waals surface area contributed by atoms with Crippen molar-refractivity contribution in [3.05, 3.63) is 11.6 Å². The molecule has 0 aromatic carbocycles. The van der Waals surface area contributed by atoms with Crippen molar-refractivity contribution in [3.63, 3.8) is 0 Å². The van der Waals surface area contributed by atoms with Crippen LogP contribution in [0, 0.1) is 0 Å². The number of nitrogens with two attached hydrogens (primary N) is 1. The van der Waals surface area contributed by atoms with E-state index in [1.807, 2.05) is 0 Å². The van der Waals surface area contributed by atoms with Crippen molar-refractivity contribution in [1.82, 2.24) is 5.32 Å². The van der Waals surface area contributed by atoms with Gasteiger partial charge >= 0.3 is 0 Å². The molecular formula is C46H86N2O32. The SMILES string of the molecule is C.C.CC1O[C@@H](O[C@H]2C(CO)O[C@@H](O[C@H]3C(CO)OC(O)C(O)[C@@H]3O)C(O)[C@@H]2O)C(O)[C@H](O)[C@H]1N[C@@H]1C=C(CO)[C@H](O)[C@@H](O)C1O.CO[C@H]1C(O)[C@H](O[C@H]2C(CO)OC(O)C(O)[C@@H]2O)OC(CO)[C@@H]1O[C@@H]1OC(C)[C@@H](N)[C@@H](O)C1O. The first kappa shape index (κ1) is 70.9. The average Bonchev–Trinajstić information content (AvgIpc) is 3.45. The van der Waals surface area contributed by atoms with Crippen molar-refractivity contribution < 1.29 is 159 Å². The second kappa shape index (κ2) is 30.6. The van der Waals surface area contributed by atoms with Crippen LogP contribution in [0.1, 0.15) is 28.7 Å². The molecule has 24 N–H and O–H groups in total. The van der Waals surface area contributed by atoms with E-state index in [-0.39, 0.29) is 20.4 Å². The average molecular weight is 1180 g/mol. The molecule has 15 unspecified atom stereocenters. The zero-order chi connectivity index (χ0) is 57.9. The molecule has 6 fully saturated rings. The number of ether oxygens (including phenoxy) is 11. The normalized spacial score (nSPS) is 50.9. The molecular weight excluding hydrogens is 1090 g/mol. The molecule has 34 heteroatoms. The van der Waals surface area contributed by atoms with Crippen LogP contribution in [-0.2, 0) is 52.1 Å². The molecule has 0 aromatic rings. The molecule has 1 aliphatic carbocycles. The zero-order valence-electron chi connectivity index (χ0n) is 42.2. The summed E-state index contributed by atoms with van der Waals surface area (Å²) in [6.45, 7) is -0.538. The van der Waals surface area contributed by atoms with Gasteiger partial charge in [0.25, 0.3) is 0 Å². The van der Waals surface area contributed by atoms with E-state index in [1.165, 1.54) is 20.1 Å². The summed E-state index contributed by atoms with van der Waals surface area (Å²) in [5, 5.41) is 216. The summed E-state index contributed by atoms with van der Waals surface area (Å²) in [4.78, 5) is 0. The van der Waals surface area contributed by atoms with Crippen LogP contribution in [0.4, 0.5) is 0 Å². The molecule has 7 rings (SSSR count). The van der Waals surface area contributed by atoms with Crippen LogP contribution in [-0.4, -0.2) is 356 Å². The van der Waals surface area contributed by atoms with E-state index < -0.39 is 241 Å². The van der Waals surface area contributed by atoms with Crippen molar-refractivity contribution in [3.8, 4) is 0 Å². The minimum absolute atomic E-state index is 0. The lowest BCUT2D eigenvalue weighted by molar-refractivity contribution is -0.375. The molecule has 7 aliphatic rings. The third-order valence-electron chi connectivity index (χ3n) is 14.9. The van der Waals surface area contributed by atoms with Gasteiger partial charge in [-0.15, -0.1) is 0 Å². The fraction of sp³-hybridized carbons (Fsp3) is 0.957. The van der Waals surface area contributed by atoms with E-state index in [0.717, 1.165) is 0 Å². The summed E-state index contributed by atoms with van der Waals surface area (Å²) in [5.74, 6) is 0. The molecule has 6 aliphatic heterocycles. The molecule has 0 bridgehead atoms. The van der Waals surface area contributed by atoms with E-state index in [4.69, 9.17) is 57.8 Å². The Hall–Kier alpha value is -1.62. The third kappa shape index (κ3) is 15.0. The maximum Gasteiger partial charge on any atom is 0.187 e. The molecule has 0 amide bonds. The minimum Gasteiger partial charge on any atom is -0.394 e. The molecule has 0 radical (unpaired) electrons. The Labute approximate surface area is 458 Å². The summed E-state index contributed by atoms with van der Waals surface area (Å²) in [6, 6.07) is -3.04. The minimum atomic E-state index is -1.93. The largest absolute Gasteiger partial charge is 0.394 e. The monoisotopic (exact) mass is 1180 g/mol. The number of rotatable bonds is 16. The molecule has 6 heterocycles. The van der Waals surface area contributed by atoms with E-state index in [2.05, 4.69) is 5.32 Å². The summed E-state index contributed by atoms with van der Waals surface area (Å²) in [5.41, 5.74) is 5.80. The van der Waals surface area contributed by atoms with Crippen LogP contribution in [0.15, 0.2) is 11.6 Å². The number of hydrogen-bond acceptors (Lipinski definition) is 34. The van der Waals surface area contributed by atoms with Gasteiger partial charge in [-0.05, 0) is 19.4 Å². The Morgan fingerprint density at radius 1 is 0.425 bits per heavy atom. The number of aliphatic hydroxyl groups excluding tert-OH is 21. The van der Waals surface area contributed by atoms with E-state index in [9.17, 15) is 107 Å². The second-order valence-corrected chi connectivity index (χ2v) is 20.0. The molecule has 80 heavy (non-hydrogen) atoms. The van der Waals surface area contributed by atoms with Gasteiger partial charge in [0.2, 0.25) is 0 Å². The second-order valence-electron chi connectivity index (χ2n) is 20.0. The van der Waals surface area contributed by atoms with Crippen molar-refractivity contribution in [2.75, 3.05) is 40.1 Å². The lowest BCUT2D eigenvalue weighted by atomic mass is 9.86.